The molecule has 4 nitrogen and oxygen atoms in total. The Kier molecular flexibility index (Phi) is 4.74. The molecule has 0 spiro atoms. The standard InChI is InChI=1S/C20H29N3O/c24-20(22-9-5-2-6-10-22)23-15-18-11-19(16-23)14-21(13-18)12-17-7-3-1-4-8-17/h1,3-4,7-8,18-19H,2,5-6,9-16H2. The third-order valence-electron chi connectivity index (χ3n) is 5.80. The fourth-order valence-corrected chi connectivity index (χ4v) is 4.80. The lowest BCUT2D eigenvalue weighted by Crippen LogP contribution is -2.56. The Hall–Kier alpha value is -1.55. The number of amides is 2. The second kappa shape index (κ2) is 7.14. The lowest BCUT2D eigenvalue weighted by atomic mass is 9.84. The number of urea groups is 1. The quantitative estimate of drug-likeness (QED) is 0.835. The van der Waals surface area contributed by atoms with Crippen molar-refractivity contribution in [3.8, 4) is 0 Å². The van der Waals surface area contributed by atoms with E-state index in [-0.39, 0.29) is 0 Å². The largest absolute Gasteiger partial charge is 0.325 e. The van der Waals surface area contributed by atoms with Crippen LogP contribution in [0.3, 0.4) is 0 Å². The van der Waals surface area contributed by atoms with Crippen LogP contribution >= 0.6 is 0 Å². The van der Waals surface area contributed by atoms with Gasteiger partial charge in [-0.2, -0.15) is 0 Å². The van der Waals surface area contributed by atoms with E-state index >= 15 is 0 Å². The minimum atomic E-state index is 0.306. The second-order valence-electron chi connectivity index (χ2n) is 7.88. The molecule has 130 valence electrons. The molecule has 0 saturated carbocycles. The first kappa shape index (κ1) is 15.9. The summed E-state index contributed by atoms with van der Waals surface area (Å²) >= 11 is 0. The zero-order valence-electron chi connectivity index (χ0n) is 14.6. The Bertz CT molecular complexity index is 541. The van der Waals surface area contributed by atoms with Gasteiger partial charge in [-0.3, -0.25) is 4.90 Å². The molecule has 4 heteroatoms. The first-order valence-corrected chi connectivity index (χ1v) is 9.58. The van der Waals surface area contributed by atoms with Crippen LogP contribution in [0.15, 0.2) is 30.3 Å². The van der Waals surface area contributed by atoms with E-state index < -0.39 is 0 Å². The fraction of sp³-hybridized carbons (Fsp3) is 0.650. The molecule has 2 bridgehead atoms. The first-order chi connectivity index (χ1) is 11.8. The second-order valence-corrected chi connectivity index (χ2v) is 7.88. The highest BCUT2D eigenvalue weighted by molar-refractivity contribution is 5.74. The van der Waals surface area contributed by atoms with Crippen molar-refractivity contribution in [2.45, 2.75) is 32.2 Å². The van der Waals surface area contributed by atoms with Gasteiger partial charge in [-0.1, -0.05) is 30.3 Å². The molecule has 3 aliphatic rings. The summed E-state index contributed by atoms with van der Waals surface area (Å²) in [4.78, 5) is 19.6. The van der Waals surface area contributed by atoms with Crippen LogP contribution in [0.2, 0.25) is 0 Å². The maximum absolute atomic E-state index is 12.8. The van der Waals surface area contributed by atoms with Crippen LogP contribution in [0.25, 0.3) is 0 Å². The summed E-state index contributed by atoms with van der Waals surface area (Å²) in [6, 6.07) is 11.1. The molecule has 4 rings (SSSR count). The summed E-state index contributed by atoms with van der Waals surface area (Å²) in [5.74, 6) is 1.30. The van der Waals surface area contributed by atoms with E-state index in [2.05, 4.69) is 45.0 Å². The smallest absolute Gasteiger partial charge is 0.320 e. The molecule has 1 aromatic carbocycles. The Morgan fingerprint density at radius 2 is 1.54 bits per heavy atom. The number of benzene rings is 1. The molecule has 3 heterocycles. The number of hydrogen-bond donors (Lipinski definition) is 0. The minimum Gasteiger partial charge on any atom is -0.325 e. The topological polar surface area (TPSA) is 26.8 Å². The van der Waals surface area contributed by atoms with Crippen LogP contribution in [0.4, 0.5) is 4.79 Å². The summed E-state index contributed by atoms with van der Waals surface area (Å²) in [5.41, 5.74) is 1.40. The lowest BCUT2D eigenvalue weighted by Gasteiger charge is -2.47. The molecule has 2 amide bonds. The van der Waals surface area contributed by atoms with E-state index in [1.54, 1.807) is 0 Å². The highest BCUT2D eigenvalue weighted by atomic mass is 16.2. The molecular formula is C20H29N3O. The third kappa shape index (κ3) is 3.59. The van der Waals surface area contributed by atoms with Gasteiger partial charge in [0.25, 0.3) is 0 Å². The van der Waals surface area contributed by atoms with Crippen LogP contribution in [0.1, 0.15) is 31.2 Å². The number of carbonyl (C=O) groups excluding carboxylic acids is 1. The average Bonchev–Trinajstić information content (AvgIpc) is 2.62. The van der Waals surface area contributed by atoms with Crippen molar-refractivity contribution < 1.29 is 4.79 Å². The molecular weight excluding hydrogens is 298 g/mol. The van der Waals surface area contributed by atoms with Crippen LogP contribution in [-0.2, 0) is 6.54 Å². The zero-order valence-corrected chi connectivity index (χ0v) is 14.6. The summed E-state index contributed by atoms with van der Waals surface area (Å²) in [6.45, 7) is 7.15. The molecule has 0 aliphatic carbocycles. The third-order valence-corrected chi connectivity index (χ3v) is 5.80. The lowest BCUT2D eigenvalue weighted by molar-refractivity contribution is 0.0327. The van der Waals surface area contributed by atoms with Crippen LogP contribution in [0, 0.1) is 11.8 Å². The summed E-state index contributed by atoms with van der Waals surface area (Å²) in [5, 5.41) is 0. The first-order valence-electron chi connectivity index (χ1n) is 9.58. The zero-order chi connectivity index (χ0) is 16.4. The monoisotopic (exact) mass is 327 g/mol. The van der Waals surface area contributed by atoms with E-state index in [0.717, 1.165) is 45.8 Å². The van der Waals surface area contributed by atoms with Gasteiger partial charge in [0.05, 0.1) is 0 Å². The maximum Gasteiger partial charge on any atom is 0.320 e. The Labute approximate surface area is 145 Å². The number of piperidine rings is 3. The molecule has 2 unspecified atom stereocenters. The van der Waals surface area contributed by atoms with E-state index in [0.29, 0.717) is 17.9 Å². The molecule has 3 fully saturated rings. The van der Waals surface area contributed by atoms with Crippen molar-refractivity contribution >= 4 is 6.03 Å². The van der Waals surface area contributed by atoms with E-state index in [1.807, 2.05) is 0 Å². The van der Waals surface area contributed by atoms with Gasteiger partial charge in [-0.25, -0.2) is 4.79 Å². The highest BCUT2D eigenvalue weighted by Crippen LogP contribution is 2.30. The SMILES string of the molecule is O=C(N1CCCCC1)N1CC2CC(CN(Cc3ccccc3)C2)C1. The fourth-order valence-electron chi connectivity index (χ4n) is 4.80. The molecule has 0 aromatic heterocycles. The van der Waals surface area contributed by atoms with E-state index in [4.69, 9.17) is 0 Å². The number of fused-ring (bicyclic) bond motifs is 2. The van der Waals surface area contributed by atoms with Crippen molar-refractivity contribution in [1.29, 1.82) is 0 Å². The molecule has 3 saturated heterocycles. The van der Waals surface area contributed by atoms with Crippen molar-refractivity contribution in [3.63, 3.8) is 0 Å². The van der Waals surface area contributed by atoms with Gasteiger partial charge < -0.3 is 9.80 Å². The van der Waals surface area contributed by atoms with Crippen molar-refractivity contribution in [1.82, 2.24) is 14.7 Å². The van der Waals surface area contributed by atoms with Gasteiger partial charge in [0.2, 0.25) is 0 Å². The van der Waals surface area contributed by atoms with Crippen LogP contribution in [0.5, 0.6) is 0 Å². The molecule has 0 radical (unpaired) electrons. The Morgan fingerprint density at radius 3 is 2.21 bits per heavy atom. The average molecular weight is 327 g/mol. The predicted octanol–water partition coefficient (Wildman–Crippen LogP) is 3.05. The molecule has 0 N–H and O–H groups in total. The van der Waals surface area contributed by atoms with Gasteiger partial charge in [0, 0.05) is 45.8 Å². The maximum atomic E-state index is 12.8. The van der Waals surface area contributed by atoms with Crippen LogP contribution < -0.4 is 0 Å². The molecule has 24 heavy (non-hydrogen) atoms. The van der Waals surface area contributed by atoms with Crippen molar-refractivity contribution in [2.24, 2.45) is 11.8 Å². The molecule has 3 aliphatic heterocycles. The van der Waals surface area contributed by atoms with Crippen LogP contribution in [-0.4, -0.2) is 60.0 Å². The van der Waals surface area contributed by atoms with E-state index in [9.17, 15) is 4.79 Å². The number of nitrogens with zero attached hydrogens (tertiary/aromatic N) is 3. The van der Waals surface area contributed by atoms with Crippen molar-refractivity contribution in [2.75, 3.05) is 39.3 Å². The summed E-state index contributed by atoms with van der Waals surface area (Å²) in [7, 11) is 0. The molecule has 2 atom stereocenters. The Balaban J connectivity index is 1.35. The van der Waals surface area contributed by atoms with E-state index in [1.165, 1.54) is 31.2 Å². The number of carbonyl (C=O) groups is 1. The minimum absolute atomic E-state index is 0.306. The normalized spacial score (nSPS) is 28.0. The van der Waals surface area contributed by atoms with Crippen molar-refractivity contribution in [3.05, 3.63) is 35.9 Å². The van der Waals surface area contributed by atoms with Gasteiger partial charge in [-0.05, 0) is 43.1 Å². The summed E-state index contributed by atoms with van der Waals surface area (Å²) < 4.78 is 0. The number of likely N-dealkylation sites (tertiary alicyclic amines) is 3. The van der Waals surface area contributed by atoms with Gasteiger partial charge in [0.15, 0.2) is 0 Å². The van der Waals surface area contributed by atoms with Gasteiger partial charge in [0.1, 0.15) is 0 Å². The van der Waals surface area contributed by atoms with Gasteiger partial charge in [-0.15, -0.1) is 0 Å². The highest BCUT2D eigenvalue weighted by Gasteiger charge is 2.37. The Morgan fingerprint density at radius 1 is 0.875 bits per heavy atom. The number of hydrogen-bond acceptors (Lipinski definition) is 2. The summed E-state index contributed by atoms with van der Waals surface area (Å²) in [6.07, 6.45) is 4.94. The number of rotatable bonds is 2. The molecule has 1 aromatic rings. The predicted molar refractivity (Wildman–Crippen MR) is 95.7 cm³/mol. The van der Waals surface area contributed by atoms with Gasteiger partial charge >= 0.3 is 6.03 Å².